The Kier molecular flexibility index (Phi) is 3.63. The highest BCUT2D eigenvalue weighted by Crippen LogP contribution is 2.32. The number of rotatable bonds is 4. The smallest absolute Gasteiger partial charge is 0.252 e. The van der Waals surface area contributed by atoms with E-state index in [0.717, 1.165) is 45.3 Å². The number of aromatic nitrogens is 3. The molecule has 7 heteroatoms. The van der Waals surface area contributed by atoms with E-state index in [1.54, 1.807) is 6.92 Å². The molecule has 2 aliphatic rings. The lowest BCUT2D eigenvalue weighted by Gasteiger charge is -2.33. The lowest BCUT2D eigenvalue weighted by atomic mass is 9.97. The van der Waals surface area contributed by atoms with Crippen molar-refractivity contribution in [2.75, 3.05) is 25.0 Å². The van der Waals surface area contributed by atoms with Crippen LogP contribution in [0.25, 0.3) is 11.2 Å². The van der Waals surface area contributed by atoms with Gasteiger partial charge in [0.15, 0.2) is 17.2 Å². The number of likely N-dealkylation sites (tertiary alicyclic amines) is 1. The van der Waals surface area contributed by atoms with Gasteiger partial charge in [-0.15, -0.1) is 0 Å². The molecule has 1 aliphatic heterocycles. The number of carbonyl (C=O) groups is 1. The van der Waals surface area contributed by atoms with Crippen LogP contribution in [0.1, 0.15) is 31.6 Å². The Labute approximate surface area is 134 Å². The van der Waals surface area contributed by atoms with E-state index in [9.17, 15) is 4.79 Å². The zero-order valence-electron chi connectivity index (χ0n) is 13.3. The number of anilines is 1. The van der Waals surface area contributed by atoms with E-state index in [-0.39, 0.29) is 0 Å². The Balaban J connectivity index is 1.40. The van der Waals surface area contributed by atoms with Crippen LogP contribution < -0.4 is 5.32 Å². The molecule has 2 fully saturated rings. The number of nitrogens with zero attached hydrogens (tertiary/aromatic N) is 4. The number of hydrogen-bond acceptors (Lipinski definition) is 6. The Hall–Kier alpha value is -2.18. The molecular weight excluding hydrogens is 294 g/mol. The maximum Gasteiger partial charge on any atom is 0.252 e. The third kappa shape index (κ3) is 3.00. The van der Waals surface area contributed by atoms with Crippen molar-refractivity contribution >= 4 is 23.0 Å². The van der Waals surface area contributed by atoms with Crippen LogP contribution in [0.4, 0.5) is 5.82 Å². The molecule has 1 amide bonds. The second-order valence-electron chi connectivity index (χ2n) is 6.56. The molecule has 0 unspecified atom stereocenters. The van der Waals surface area contributed by atoms with Crippen molar-refractivity contribution in [3.05, 3.63) is 12.2 Å². The summed E-state index contributed by atoms with van der Waals surface area (Å²) in [4.78, 5) is 27.0. The molecule has 1 N–H and O–H groups in total. The van der Waals surface area contributed by atoms with Crippen molar-refractivity contribution in [1.29, 1.82) is 0 Å². The summed E-state index contributed by atoms with van der Waals surface area (Å²) in [6.45, 7) is 4.33. The molecule has 0 bridgehead atoms. The molecule has 1 saturated heterocycles. The number of amides is 1. The number of hydrogen-bond donors (Lipinski definition) is 1. The molecular formula is C16H21N5O2. The van der Waals surface area contributed by atoms with Crippen molar-refractivity contribution in [3.8, 4) is 0 Å². The van der Waals surface area contributed by atoms with Crippen LogP contribution in [0.2, 0.25) is 0 Å². The molecule has 1 saturated carbocycles. The van der Waals surface area contributed by atoms with Crippen LogP contribution in [0, 0.1) is 18.8 Å². The zero-order chi connectivity index (χ0) is 15.8. The summed E-state index contributed by atoms with van der Waals surface area (Å²) in [7, 11) is 0. The zero-order valence-corrected chi connectivity index (χ0v) is 13.3. The Morgan fingerprint density at radius 1 is 1.39 bits per heavy atom. The summed E-state index contributed by atoms with van der Waals surface area (Å²) in [5, 5.41) is 3.36. The van der Waals surface area contributed by atoms with Gasteiger partial charge in [0.25, 0.3) is 5.71 Å². The van der Waals surface area contributed by atoms with Crippen LogP contribution in [0.15, 0.2) is 10.7 Å². The quantitative estimate of drug-likeness (QED) is 0.929. The number of fused-ring (bicyclic) bond motifs is 1. The number of carbonyl (C=O) groups excluding carboxylic acids is 1. The van der Waals surface area contributed by atoms with Gasteiger partial charge in [0.1, 0.15) is 6.33 Å². The number of piperidine rings is 1. The maximum atomic E-state index is 12.2. The topological polar surface area (TPSA) is 84.2 Å². The van der Waals surface area contributed by atoms with E-state index in [1.165, 1.54) is 6.33 Å². The summed E-state index contributed by atoms with van der Waals surface area (Å²) >= 11 is 0. The first-order valence-corrected chi connectivity index (χ1v) is 8.31. The van der Waals surface area contributed by atoms with Crippen LogP contribution in [0.3, 0.4) is 0 Å². The van der Waals surface area contributed by atoms with E-state index in [1.807, 2.05) is 4.90 Å². The normalized spacial score (nSPS) is 21.6. The van der Waals surface area contributed by atoms with Gasteiger partial charge in [0.05, 0.1) is 0 Å². The fourth-order valence-corrected chi connectivity index (χ4v) is 3.25. The largest absolute Gasteiger partial charge is 0.422 e. The summed E-state index contributed by atoms with van der Waals surface area (Å²) in [6, 6.07) is 0. The third-order valence-electron chi connectivity index (χ3n) is 4.62. The first kappa shape index (κ1) is 14.4. The molecule has 7 nitrogen and oxygen atoms in total. The number of nitrogens with one attached hydrogen (secondary N) is 1. The van der Waals surface area contributed by atoms with Gasteiger partial charge in [-0.25, -0.2) is 9.97 Å². The molecule has 2 aromatic rings. The maximum absolute atomic E-state index is 12.2. The Morgan fingerprint density at radius 2 is 2.26 bits per heavy atom. The molecule has 3 heterocycles. The molecule has 2 aromatic heterocycles. The van der Waals surface area contributed by atoms with Crippen molar-refractivity contribution in [1.82, 2.24) is 19.9 Å². The van der Waals surface area contributed by atoms with Crippen LogP contribution in [-0.4, -0.2) is 45.4 Å². The first-order chi connectivity index (χ1) is 11.2. The molecule has 23 heavy (non-hydrogen) atoms. The molecule has 122 valence electrons. The van der Waals surface area contributed by atoms with Gasteiger partial charge in [-0.3, -0.25) is 4.79 Å². The van der Waals surface area contributed by atoms with Gasteiger partial charge in [-0.2, -0.15) is 4.98 Å². The van der Waals surface area contributed by atoms with Gasteiger partial charge < -0.3 is 14.6 Å². The summed E-state index contributed by atoms with van der Waals surface area (Å²) < 4.78 is 5.43. The minimum atomic E-state index is 0.307. The highest BCUT2D eigenvalue weighted by Gasteiger charge is 2.35. The lowest BCUT2D eigenvalue weighted by molar-refractivity contribution is -0.134. The second kappa shape index (κ2) is 5.79. The molecule has 0 radical (unpaired) electrons. The fraction of sp³-hybridized carbons (Fsp3) is 0.625. The van der Waals surface area contributed by atoms with E-state index in [2.05, 4.69) is 20.3 Å². The van der Waals surface area contributed by atoms with Gasteiger partial charge in [0.2, 0.25) is 5.91 Å². The fourth-order valence-electron chi connectivity index (χ4n) is 3.25. The van der Waals surface area contributed by atoms with E-state index in [4.69, 9.17) is 4.42 Å². The summed E-state index contributed by atoms with van der Waals surface area (Å²) in [5.74, 6) is 2.40. The predicted octanol–water partition coefficient (Wildman–Crippen LogP) is 1.99. The minimum absolute atomic E-state index is 0.307. The van der Waals surface area contributed by atoms with Gasteiger partial charge in [0, 0.05) is 32.5 Å². The van der Waals surface area contributed by atoms with Gasteiger partial charge in [-0.05, 0) is 31.6 Å². The highest BCUT2D eigenvalue weighted by molar-refractivity contribution is 5.81. The lowest BCUT2D eigenvalue weighted by Crippen LogP contribution is -2.42. The molecule has 1 aliphatic carbocycles. The van der Waals surface area contributed by atoms with Crippen molar-refractivity contribution in [2.45, 2.75) is 32.6 Å². The number of oxazole rings is 1. The highest BCUT2D eigenvalue weighted by atomic mass is 16.4. The van der Waals surface area contributed by atoms with Crippen LogP contribution in [0.5, 0.6) is 0 Å². The van der Waals surface area contributed by atoms with E-state index >= 15 is 0 Å². The third-order valence-corrected chi connectivity index (χ3v) is 4.62. The molecule has 0 spiro atoms. The van der Waals surface area contributed by atoms with Gasteiger partial charge in [-0.1, -0.05) is 0 Å². The second-order valence-corrected chi connectivity index (χ2v) is 6.56. The average Bonchev–Trinajstić information content (AvgIpc) is 3.33. The predicted molar refractivity (Wildman–Crippen MR) is 84.9 cm³/mol. The van der Waals surface area contributed by atoms with Gasteiger partial charge >= 0.3 is 0 Å². The standard InChI is InChI=1S/C16H21N5O2/c1-10-20-13-14(18-9-19-15(13)23-10)17-7-11-3-2-6-21(8-11)16(22)12-4-5-12/h9,11-12H,2-8H2,1H3,(H,17,18,19)/t11-/m1/s1. The van der Waals surface area contributed by atoms with E-state index in [0.29, 0.717) is 40.7 Å². The number of aryl methyl sites for hydroxylation is 1. The SMILES string of the molecule is Cc1nc2c(NC[C@H]3CCCN(C(=O)C4CC4)C3)ncnc2o1. The Morgan fingerprint density at radius 3 is 3.09 bits per heavy atom. The van der Waals surface area contributed by atoms with E-state index < -0.39 is 0 Å². The Bertz CT molecular complexity index is 724. The van der Waals surface area contributed by atoms with Crippen molar-refractivity contribution in [2.24, 2.45) is 11.8 Å². The minimum Gasteiger partial charge on any atom is -0.422 e. The average molecular weight is 315 g/mol. The molecule has 1 atom stereocenters. The van der Waals surface area contributed by atoms with Crippen LogP contribution >= 0.6 is 0 Å². The first-order valence-electron chi connectivity index (χ1n) is 8.31. The van der Waals surface area contributed by atoms with Crippen molar-refractivity contribution < 1.29 is 9.21 Å². The summed E-state index contributed by atoms with van der Waals surface area (Å²) in [5.41, 5.74) is 1.18. The summed E-state index contributed by atoms with van der Waals surface area (Å²) in [6.07, 6.45) is 5.84. The molecule has 4 rings (SSSR count). The monoisotopic (exact) mass is 315 g/mol. The van der Waals surface area contributed by atoms with Crippen molar-refractivity contribution in [3.63, 3.8) is 0 Å². The van der Waals surface area contributed by atoms with Crippen LogP contribution in [-0.2, 0) is 4.79 Å². The molecule has 0 aromatic carbocycles.